The van der Waals surface area contributed by atoms with E-state index in [9.17, 15) is 0 Å². The fourth-order valence-electron chi connectivity index (χ4n) is 2.30. The third-order valence-electron chi connectivity index (χ3n) is 3.26. The molecule has 1 aromatic heterocycles. The largest absolute Gasteiger partial charge is 0.309 e. The summed E-state index contributed by atoms with van der Waals surface area (Å²) in [4.78, 5) is 4.16. The molecule has 5 heteroatoms. The minimum Gasteiger partial charge on any atom is -0.309 e. The van der Waals surface area contributed by atoms with Crippen molar-refractivity contribution in [2.45, 2.75) is 38.4 Å². The quantitative estimate of drug-likeness (QED) is 0.734. The molecule has 1 heterocycles. The van der Waals surface area contributed by atoms with E-state index >= 15 is 0 Å². The highest BCUT2D eigenvalue weighted by Crippen LogP contribution is 2.22. The van der Waals surface area contributed by atoms with Crippen LogP contribution in [0.1, 0.15) is 37.9 Å². The second-order valence-corrected chi connectivity index (χ2v) is 6.56. The van der Waals surface area contributed by atoms with E-state index in [2.05, 4.69) is 65.5 Å². The van der Waals surface area contributed by atoms with Gasteiger partial charge < -0.3 is 5.32 Å². The van der Waals surface area contributed by atoms with E-state index in [1.165, 1.54) is 11.1 Å². The van der Waals surface area contributed by atoms with Crippen molar-refractivity contribution in [1.82, 2.24) is 20.5 Å². The number of nitrogens with zero attached hydrogens (tertiary/aromatic N) is 2. The van der Waals surface area contributed by atoms with Crippen molar-refractivity contribution in [3.63, 3.8) is 0 Å². The van der Waals surface area contributed by atoms with Gasteiger partial charge in [0.15, 0.2) is 5.16 Å². The minimum absolute atomic E-state index is 0.332. The van der Waals surface area contributed by atoms with Gasteiger partial charge in [-0.15, -0.1) is 0 Å². The maximum absolute atomic E-state index is 4.16. The first-order valence-electron chi connectivity index (χ1n) is 7.49. The highest BCUT2D eigenvalue weighted by atomic mass is 32.2. The molecule has 2 aromatic rings. The monoisotopic (exact) mass is 304 g/mol. The van der Waals surface area contributed by atoms with Gasteiger partial charge >= 0.3 is 0 Å². The minimum atomic E-state index is 0.332. The van der Waals surface area contributed by atoms with Crippen LogP contribution in [0.4, 0.5) is 0 Å². The van der Waals surface area contributed by atoms with Gasteiger partial charge in [-0.05, 0) is 30.0 Å². The summed E-state index contributed by atoms with van der Waals surface area (Å²) in [7, 11) is 0. The van der Waals surface area contributed by atoms with Gasteiger partial charge in [0.25, 0.3) is 0 Å². The summed E-state index contributed by atoms with van der Waals surface area (Å²) in [6.45, 7) is 7.60. The molecular formula is C16H24N4S. The van der Waals surface area contributed by atoms with E-state index < -0.39 is 0 Å². The predicted octanol–water partition coefficient (Wildman–Crippen LogP) is 3.45. The molecule has 0 aliphatic rings. The lowest BCUT2D eigenvalue weighted by atomic mass is 10.00. The van der Waals surface area contributed by atoms with Crippen LogP contribution in [-0.2, 0) is 6.42 Å². The Hall–Kier alpha value is -1.33. The summed E-state index contributed by atoms with van der Waals surface area (Å²) in [5, 5.41) is 11.2. The fraction of sp³-hybridized carbons (Fsp3) is 0.500. The van der Waals surface area contributed by atoms with Gasteiger partial charge in [-0.3, -0.25) is 5.10 Å². The Bertz CT molecular complexity index is 508. The molecule has 0 aliphatic carbocycles. The van der Waals surface area contributed by atoms with Crippen LogP contribution in [0, 0.1) is 5.92 Å². The average molecular weight is 304 g/mol. The van der Waals surface area contributed by atoms with Crippen LogP contribution in [0.3, 0.4) is 0 Å². The average Bonchev–Trinajstić information content (AvgIpc) is 2.97. The molecule has 2 N–H and O–H groups in total. The van der Waals surface area contributed by atoms with E-state index in [0.29, 0.717) is 12.0 Å². The van der Waals surface area contributed by atoms with Gasteiger partial charge in [0, 0.05) is 11.8 Å². The van der Waals surface area contributed by atoms with Crippen LogP contribution in [0.2, 0.25) is 0 Å². The lowest BCUT2D eigenvalue weighted by Crippen LogP contribution is -2.23. The van der Waals surface area contributed by atoms with Gasteiger partial charge in [0.2, 0.25) is 0 Å². The Kier molecular flexibility index (Phi) is 6.26. The van der Waals surface area contributed by atoms with Gasteiger partial charge in [-0.2, -0.15) is 5.10 Å². The van der Waals surface area contributed by atoms with E-state index in [-0.39, 0.29) is 0 Å². The SMILES string of the molecule is CCNC(CSc1ncn[nH]1)c1ccc(CC(C)C)cc1. The third kappa shape index (κ3) is 5.17. The molecule has 0 bridgehead atoms. The van der Waals surface area contributed by atoms with Crippen molar-refractivity contribution >= 4 is 11.8 Å². The number of benzene rings is 1. The van der Waals surface area contributed by atoms with Crippen molar-refractivity contribution in [3.05, 3.63) is 41.7 Å². The molecule has 1 unspecified atom stereocenters. The Labute approximate surface area is 131 Å². The zero-order valence-electron chi connectivity index (χ0n) is 13.0. The molecule has 1 atom stereocenters. The number of nitrogens with one attached hydrogen (secondary N) is 2. The zero-order chi connectivity index (χ0) is 15.1. The Balaban J connectivity index is 1.99. The smallest absolute Gasteiger partial charge is 0.183 e. The first-order chi connectivity index (χ1) is 10.2. The Morgan fingerprint density at radius 3 is 2.57 bits per heavy atom. The third-order valence-corrected chi connectivity index (χ3v) is 4.23. The van der Waals surface area contributed by atoms with Crippen LogP contribution in [-0.4, -0.2) is 27.5 Å². The molecule has 114 valence electrons. The maximum Gasteiger partial charge on any atom is 0.183 e. The second-order valence-electron chi connectivity index (χ2n) is 5.55. The van der Waals surface area contributed by atoms with Crippen LogP contribution in [0.15, 0.2) is 35.7 Å². The summed E-state index contributed by atoms with van der Waals surface area (Å²) >= 11 is 1.69. The van der Waals surface area contributed by atoms with E-state index in [1.807, 2.05) is 0 Å². The summed E-state index contributed by atoms with van der Waals surface area (Å²) in [6, 6.07) is 9.31. The van der Waals surface area contributed by atoms with Crippen LogP contribution in [0.5, 0.6) is 0 Å². The fourth-order valence-corrected chi connectivity index (χ4v) is 3.18. The number of thioether (sulfide) groups is 1. The van der Waals surface area contributed by atoms with E-state index in [0.717, 1.165) is 23.9 Å². The molecule has 2 rings (SSSR count). The van der Waals surface area contributed by atoms with Crippen molar-refractivity contribution in [2.75, 3.05) is 12.3 Å². The molecule has 0 radical (unpaired) electrons. The van der Waals surface area contributed by atoms with Crippen LogP contribution in [0.25, 0.3) is 0 Å². The summed E-state index contributed by atoms with van der Waals surface area (Å²) in [5.74, 6) is 1.63. The molecule has 0 saturated carbocycles. The predicted molar refractivity (Wildman–Crippen MR) is 88.5 cm³/mol. The number of hydrogen-bond donors (Lipinski definition) is 2. The van der Waals surface area contributed by atoms with E-state index in [4.69, 9.17) is 0 Å². The molecule has 21 heavy (non-hydrogen) atoms. The molecule has 1 aromatic carbocycles. The molecule has 0 saturated heterocycles. The number of aromatic nitrogens is 3. The maximum atomic E-state index is 4.16. The van der Waals surface area contributed by atoms with Gasteiger partial charge in [0.05, 0.1) is 0 Å². The lowest BCUT2D eigenvalue weighted by molar-refractivity contribution is 0.604. The topological polar surface area (TPSA) is 53.6 Å². The number of hydrogen-bond acceptors (Lipinski definition) is 4. The number of aromatic amines is 1. The Morgan fingerprint density at radius 2 is 2.00 bits per heavy atom. The molecule has 0 aliphatic heterocycles. The van der Waals surface area contributed by atoms with Crippen molar-refractivity contribution in [1.29, 1.82) is 0 Å². The van der Waals surface area contributed by atoms with Crippen molar-refractivity contribution in [2.24, 2.45) is 5.92 Å². The summed E-state index contributed by atoms with van der Waals surface area (Å²) in [6.07, 6.45) is 2.68. The van der Waals surface area contributed by atoms with Gasteiger partial charge in [-0.1, -0.05) is 56.8 Å². The number of rotatable bonds is 8. The van der Waals surface area contributed by atoms with Crippen LogP contribution >= 0.6 is 11.8 Å². The first-order valence-corrected chi connectivity index (χ1v) is 8.48. The molecule has 0 amide bonds. The van der Waals surface area contributed by atoms with Gasteiger partial charge in [0.1, 0.15) is 6.33 Å². The highest BCUT2D eigenvalue weighted by molar-refractivity contribution is 7.99. The normalized spacial score (nSPS) is 12.8. The van der Waals surface area contributed by atoms with Gasteiger partial charge in [-0.25, -0.2) is 4.98 Å². The first kappa shape index (κ1) is 16.0. The molecule has 4 nitrogen and oxygen atoms in total. The summed E-state index contributed by atoms with van der Waals surface area (Å²) in [5.41, 5.74) is 2.74. The molecule has 0 spiro atoms. The Morgan fingerprint density at radius 1 is 1.24 bits per heavy atom. The molecule has 0 fully saturated rings. The standard InChI is InChI=1S/C16H24N4S/c1-4-17-15(10-21-16-18-11-19-20-16)14-7-5-13(6-8-14)9-12(2)3/h5-8,11-12,15,17H,4,9-10H2,1-3H3,(H,18,19,20). The van der Waals surface area contributed by atoms with Crippen molar-refractivity contribution < 1.29 is 0 Å². The second kappa shape index (κ2) is 8.20. The van der Waals surface area contributed by atoms with E-state index in [1.54, 1.807) is 18.1 Å². The van der Waals surface area contributed by atoms with Crippen LogP contribution < -0.4 is 5.32 Å². The molecular weight excluding hydrogens is 280 g/mol. The lowest BCUT2D eigenvalue weighted by Gasteiger charge is -2.18. The zero-order valence-corrected chi connectivity index (χ0v) is 13.8. The van der Waals surface area contributed by atoms with Crippen molar-refractivity contribution in [3.8, 4) is 0 Å². The number of H-pyrrole nitrogens is 1. The summed E-state index contributed by atoms with van der Waals surface area (Å²) < 4.78 is 0. The highest BCUT2D eigenvalue weighted by Gasteiger charge is 2.12.